The van der Waals surface area contributed by atoms with Crippen molar-refractivity contribution in [2.45, 2.75) is 24.3 Å². The van der Waals surface area contributed by atoms with Crippen molar-refractivity contribution in [1.82, 2.24) is 4.72 Å². The van der Waals surface area contributed by atoms with E-state index in [1.165, 1.54) is 30.0 Å². The Hall–Kier alpha value is -1.78. The highest BCUT2D eigenvalue weighted by Crippen LogP contribution is 2.30. The minimum atomic E-state index is -3.97. The molecule has 1 atom stereocenters. The topological polar surface area (TPSA) is 111 Å². The van der Waals surface area contributed by atoms with Gasteiger partial charge in [-0.2, -0.15) is 16.5 Å². The largest absolute Gasteiger partial charge is 0.482 e. The zero-order valence-electron chi connectivity index (χ0n) is 13.9. The van der Waals surface area contributed by atoms with Crippen LogP contribution in [0.15, 0.2) is 23.1 Å². The zero-order valence-corrected chi connectivity index (χ0v) is 15.5. The molecule has 0 saturated heterocycles. The number of rotatable bonds is 8. The van der Waals surface area contributed by atoms with Gasteiger partial charge in [-0.05, 0) is 43.6 Å². The quantitative estimate of drug-likeness (QED) is 0.639. The van der Waals surface area contributed by atoms with Gasteiger partial charge in [-0.25, -0.2) is 8.42 Å². The average molecular weight is 388 g/mol. The van der Waals surface area contributed by atoms with Crippen molar-refractivity contribution in [3.63, 3.8) is 0 Å². The molecule has 0 radical (unpaired) electrons. The van der Waals surface area contributed by atoms with Crippen LogP contribution in [0.3, 0.4) is 0 Å². The molecule has 0 spiro atoms. The molecule has 0 aliphatic carbocycles. The Kier molecular flexibility index (Phi) is 6.68. The van der Waals surface area contributed by atoms with Crippen LogP contribution in [-0.4, -0.2) is 51.6 Å². The zero-order chi connectivity index (χ0) is 18.4. The van der Waals surface area contributed by atoms with Gasteiger partial charge in [-0.3, -0.25) is 9.59 Å². The van der Waals surface area contributed by atoms with Gasteiger partial charge in [-0.1, -0.05) is 0 Å². The van der Waals surface area contributed by atoms with Crippen molar-refractivity contribution >= 4 is 39.3 Å². The van der Waals surface area contributed by atoms with E-state index >= 15 is 0 Å². The Balaban J connectivity index is 2.22. The molecule has 0 bridgehead atoms. The third-order valence-corrected chi connectivity index (χ3v) is 5.49. The van der Waals surface area contributed by atoms with Gasteiger partial charge in [-0.15, -0.1) is 0 Å². The number of carbonyl (C=O) groups excluding carboxylic acids is 2. The summed E-state index contributed by atoms with van der Waals surface area (Å²) in [6.07, 6.45) is 2.17. The lowest BCUT2D eigenvalue weighted by Gasteiger charge is -2.20. The summed E-state index contributed by atoms with van der Waals surface area (Å²) in [6, 6.07) is 3.14. The summed E-state index contributed by atoms with van der Waals surface area (Å²) in [5, 5.41) is 2.55. The standard InChI is InChI=1S/C15H20N2O6S2/c1-3-22-15(19)11(6-7-24-2)17-25(20,21)10-4-5-13-12(8-10)16-14(18)9-23-13/h4-5,8,11,17H,3,6-7,9H2,1-2H3,(H,16,18)/t11-/m0/s1. The molecule has 138 valence electrons. The first-order valence-corrected chi connectivity index (χ1v) is 10.5. The normalized spacial score (nSPS) is 14.9. The third-order valence-electron chi connectivity index (χ3n) is 3.37. The SMILES string of the molecule is CCOC(=O)[C@H](CCSC)NS(=O)(=O)c1ccc2c(c1)NC(=O)CO2. The van der Waals surface area contributed by atoms with Gasteiger partial charge in [0.2, 0.25) is 10.0 Å². The molecule has 10 heteroatoms. The molecule has 0 fully saturated rings. The summed E-state index contributed by atoms with van der Waals surface area (Å²) < 4.78 is 37.7. The van der Waals surface area contributed by atoms with E-state index in [9.17, 15) is 18.0 Å². The minimum Gasteiger partial charge on any atom is -0.482 e. The van der Waals surface area contributed by atoms with E-state index < -0.39 is 22.0 Å². The van der Waals surface area contributed by atoms with Gasteiger partial charge >= 0.3 is 5.97 Å². The average Bonchev–Trinajstić information content (AvgIpc) is 2.58. The molecule has 1 aromatic rings. The number of esters is 1. The molecular formula is C15H20N2O6S2. The van der Waals surface area contributed by atoms with Gasteiger partial charge in [0.05, 0.1) is 17.2 Å². The number of fused-ring (bicyclic) bond motifs is 1. The molecule has 1 heterocycles. The van der Waals surface area contributed by atoms with Crippen molar-refractivity contribution in [2.24, 2.45) is 0 Å². The number of amides is 1. The predicted molar refractivity (Wildman–Crippen MR) is 94.3 cm³/mol. The lowest BCUT2D eigenvalue weighted by molar-refractivity contribution is -0.145. The van der Waals surface area contributed by atoms with Crippen molar-refractivity contribution in [3.05, 3.63) is 18.2 Å². The number of hydrogen-bond donors (Lipinski definition) is 2. The molecule has 1 aliphatic heterocycles. The molecule has 1 aromatic carbocycles. The molecule has 0 aromatic heterocycles. The van der Waals surface area contributed by atoms with Gasteiger partial charge in [0.15, 0.2) is 6.61 Å². The molecular weight excluding hydrogens is 368 g/mol. The summed E-state index contributed by atoms with van der Waals surface area (Å²) in [6.45, 7) is 1.71. The maximum atomic E-state index is 12.6. The predicted octanol–water partition coefficient (Wildman–Crippen LogP) is 0.981. The van der Waals surface area contributed by atoms with Crippen LogP contribution < -0.4 is 14.8 Å². The highest BCUT2D eigenvalue weighted by atomic mass is 32.2. The molecule has 2 rings (SSSR count). The third kappa shape index (κ3) is 5.10. The van der Waals surface area contributed by atoms with Crippen LogP contribution in [0.25, 0.3) is 0 Å². The molecule has 1 aliphatic rings. The highest BCUT2D eigenvalue weighted by Gasteiger charge is 2.28. The van der Waals surface area contributed by atoms with Crippen LogP contribution >= 0.6 is 11.8 Å². The van der Waals surface area contributed by atoms with E-state index in [-0.39, 0.29) is 29.7 Å². The van der Waals surface area contributed by atoms with Crippen LogP contribution in [0, 0.1) is 0 Å². The van der Waals surface area contributed by atoms with Crippen molar-refractivity contribution in [1.29, 1.82) is 0 Å². The summed E-state index contributed by atoms with van der Waals surface area (Å²) in [5.74, 6) is 0.0112. The van der Waals surface area contributed by atoms with Crippen molar-refractivity contribution in [3.8, 4) is 5.75 Å². The van der Waals surface area contributed by atoms with Crippen LogP contribution in [0.2, 0.25) is 0 Å². The fraction of sp³-hybridized carbons (Fsp3) is 0.467. The maximum absolute atomic E-state index is 12.6. The summed E-state index contributed by atoms with van der Waals surface area (Å²) in [7, 11) is -3.97. The second kappa shape index (κ2) is 8.54. The molecule has 0 unspecified atom stereocenters. The van der Waals surface area contributed by atoms with Gasteiger partial charge < -0.3 is 14.8 Å². The fourth-order valence-electron chi connectivity index (χ4n) is 2.19. The minimum absolute atomic E-state index is 0.0736. The van der Waals surface area contributed by atoms with E-state index in [4.69, 9.17) is 9.47 Å². The summed E-state index contributed by atoms with van der Waals surface area (Å²) in [5.41, 5.74) is 0.274. The van der Waals surface area contributed by atoms with Crippen LogP contribution in [0.5, 0.6) is 5.75 Å². The first-order chi connectivity index (χ1) is 11.9. The van der Waals surface area contributed by atoms with E-state index in [1.54, 1.807) is 6.92 Å². The number of hydrogen-bond acceptors (Lipinski definition) is 7. The van der Waals surface area contributed by atoms with Crippen molar-refractivity contribution < 1.29 is 27.5 Å². The Morgan fingerprint density at radius 2 is 2.24 bits per heavy atom. The highest BCUT2D eigenvalue weighted by molar-refractivity contribution is 7.98. The van der Waals surface area contributed by atoms with Crippen LogP contribution in [0.1, 0.15) is 13.3 Å². The molecule has 0 saturated carbocycles. The second-order valence-electron chi connectivity index (χ2n) is 5.20. The molecule has 2 N–H and O–H groups in total. The van der Waals surface area contributed by atoms with Gasteiger partial charge in [0.1, 0.15) is 11.8 Å². The van der Waals surface area contributed by atoms with Crippen molar-refractivity contribution in [2.75, 3.05) is 30.5 Å². The van der Waals surface area contributed by atoms with Gasteiger partial charge in [0, 0.05) is 0 Å². The monoisotopic (exact) mass is 388 g/mol. The molecule has 8 nitrogen and oxygen atoms in total. The smallest absolute Gasteiger partial charge is 0.324 e. The fourth-order valence-corrected chi connectivity index (χ4v) is 3.90. The van der Waals surface area contributed by atoms with E-state index in [0.717, 1.165) is 0 Å². The number of benzene rings is 1. The van der Waals surface area contributed by atoms with Crippen LogP contribution in [0.4, 0.5) is 5.69 Å². The first kappa shape index (κ1) is 19.5. The first-order valence-electron chi connectivity index (χ1n) is 7.62. The lowest BCUT2D eigenvalue weighted by Crippen LogP contribution is -2.42. The number of ether oxygens (including phenoxy) is 2. The van der Waals surface area contributed by atoms with E-state index in [1.807, 2.05) is 6.26 Å². The Bertz CT molecular complexity index is 750. The Morgan fingerprint density at radius 1 is 1.48 bits per heavy atom. The number of anilines is 1. The number of nitrogens with one attached hydrogen (secondary N) is 2. The number of carbonyl (C=O) groups is 2. The van der Waals surface area contributed by atoms with E-state index in [2.05, 4.69) is 10.0 Å². The lowest BCUT2D eigenvalue weighted by atomic mass is 10.2. The van der Waals surface area contributed by atoms with E-state index in [0.29, 0.717) is 17.9 Å². The van der Waals surface area contributed by atoms with Gasteiger partial charge in [0.25, 0.3) is 5.91 Å². The molecule has 25 heavy (non-hydrogen) atoms. The second-order valence-corrected chi connectivity index (χ2v) is 7.90. The molecule has 1 amide bonds. The maximum Gasteiger partial charge on any atom is 0.324 e. The summed E-state index contributed by atoms with van der Waals surface area (Å²) in [4.78, 5) is 23.3. The summed E-state index contributed by atoms with van der Waals surface area (Å²) >= 11 is 1.50. The number of thioether (sulfide) groups is 1. The Labute approximate surface area is 150 Å². The van der Waals surface area contributed by atoms with Crippen LogP contribution in [-0.2, 0) is 24.3 Å². The number of sulfonamides is 1. The Morgan fingerprint density at radius 3 is 2.92 bits per heavy atom.